The first-order valence-corrected chi connectivity index (χ1v) is 5.10. The molecule has 0 saturated heterocycles. The average Bonchev–Trinajstić information content (AvgIpc) is 2.16. The minimum Gasteiger partial charge on any atom is -0.469 e. The summed E-state index contributed by atoms with van der Waals surface area (Å²) in [5.41, 5.74) is -0.649. The second-order valence-corrected chi connectivity index (χ2v) is 4.23. The van der Waals surface area contributed by atoms with Gasteiger partial charge in [0.2, 0.25) is 0 Å². The van der Waals surface area contributed by atoms with Gasteiger partial charge in [0, 0.05) is 0 Å². The lowest BCUT2D eigenvalue weighted by Crippen LogP contribution is -2.31. The van der Waals surface area contributed by atoms with E-state index in [-0.39, 0.29) is 17.9 Å². The van der Waals surface area contributed by atoms with E-state index in [2.05, 4.69) is 4.74 Å². The fourth-order valence-corrected chi connectivity index (χ4v) is 1.46. The standard InChI is InChI=1S/C11H20O4/c1-6-15-10(13)11(3,4)7-8(2)9(12)14-5/h8H,6-7H2,1-5H3. The Hall–Kier alpha value is -1.06. The predicted molar refractivity (Wildman–Crippen MR) is 56.2 cm³/mol. The van der Waals surface area contributed by atoms with Gasteiger partial charge in [0.25, 0.3) is 0 Å². The van der Waals surface area contributed by atoms with E-state index in [0.29, 0.717) is 13.0 Å². The summed E-state index contributed by atoms with van der Waals surface area (Å²) in [5.74, 6) is -0.873. The molecule has 0 bridgehead atoms. The van der Waals surface area contributed by atoms with E-state index >= 15 is 0 Å². The molecule has 0 aliphatic heterocycles. The van der Waals surface area contributed by atoms with Crippen molar-refractivity contribution in [1.82, 2.24) is 0 Å². The second kappa shape index (κ2) is 5.73. The topological polar surface area (TPSA) is 52.6 Å². The van der Waals surface area contributed by atoms with Crippen LogP contribution >= 0.6 is 0 Å². The molecule has 0 aromatic carbocycles. The molecule has 0 aliphatic carbocycles. The highest BCUT2D eigenvalue weighted by molar-refractivity contribution is 5.78. The number of carbonyl (C=O) groups excluding carboxylic acids is 2. The zero-order chi connectivity index (χ0) is 12.1. The molecule has 0 aromatic heterocycles. The van der Waals surface area contributed by atoms with E-state index in [1.807, 2.05) is 0 Å². The summed E-state index contributed by atoms with van der Waals surface area (Å²) in [7, 11) is 1.34. The molecule has 0 aliphatic rings. The zero-order valence-electron chi connectivity index (χ0n) is 10.1. The molecule has 0 radical (unpaired) electrons. The van der Waals surface area contributed by atoms with E-state index in [4.69, 9.17) is 4.74 Å². The fraction of sp³-hybridized carbons (Fsp3) is 0.818. The minimum atomic E-state index is -0.649. The van der Waals surface area contributed by atoms with Gasteiger partial charge in [-0.2, -0.15) is 0 Å². The Balaban J connectivity index is 4.36. The Labute approximate surface area is 90.9 Å². The van der Waals surface area contributed by atoms with Gasteiger partial charge in [0.05, 0.1) is 25.0 Å². The molecule has 4 nitrogen and oxygen atoms in total. The number of methoxy groups -OCH3 is 1. The maximum Gasteiger partial charge on any atom is 0.311 e. The van der Waals surface area contributed by atoms with Crippen molar-refractivity contribution in [2.75, 3.05) is 13.7 Å². The predicted octanol–water partition coefficient (Wildman–Crippen LogP) is 1.77. The highest BCUT2D eigenvalue weighted by Crippen LogP contribution is 2.27. The van der Waals surface area contributed by atoms with Crippen LogP contribution in [0.25, 0.3) is 0 Å². The largest absolute Gasteiger partial charge is 0.469 e. The molecule has 0 saturated carbocycles. The lowest BCUT2D eigenvalue weighted by Gasteiger charge is -2.24. The van der Waals surface area contributed by atoms with E-state index in [0.717, 1.165) is 0 Å². The Morgan fingerprint density at radius 1 is 1.33 bits per heavy atom. The van der Waals surface area contributed by atoms with Crippen LogP contribution in [0.1, 0.15) is 34.1 Å². The van der Waals surface area contributed by atoms with Crippen LogP contribution in [0.2, 0.25) is 0 Å². The molecular weight excluding hydrogens is 196 g/mol. The molecule has 1 unspecified atom stereocenters. The van der Waals surface area contributed by atoms with Crippen LogP contribution in [0.4, 0.5) is 0 Å². The third-order valence-electron chi connectivity index (χ3n) is 2.25. The lowest BCUT2D eigenvalue weighted by atomic mass is 9.83. The summed E-state index contributed by atoms with van der Waals surface area (Å²) >= 11 is 0. The van der Waals surface area contributed by atoms with Gasteiger partial charge < -0.3 is 9.47 Å². The molecule has 0 spiro atoms. The summed E-state index contributed by atoms with van der Waals surface area (Å²) in [4.78, 5) is 22.7. The zero-order valence-corrected chi connectivity index (χ0v) is 10.1. The second-order valence-electron chi connectivity index (χ2n) is 4.23. The molecule has 15 heavy (non-hydrogen) atoms. The molecule has 1 atom stereocenters. The van der Waals surface area contributed by atoms with E-state index in [1.165, 1.54) is 7.11 Å². The van der Waals surface area contributed by atoms with Crippen LogP contribution in [-0.4, -0.2) is 25.7 Å². The molecule has 0 fully saturated rings. The number of hydrogen-bond acceptors (Lipinski definition) is 4. The van der Waals surface area contributed by atoms with Gasteiger partial charge in [-0.3, -0.25) is 9.59 Å². The Kier molecular flexibility index (Phi) is 5.33. The molecule has 0 heterocycles. The first kappa shape index (κ1) is 13.9. The van der Waals surface area contributed by atoms with Crippen molar-refractivity contribution in [1.29, 1.82) is 0 Å². The summed E-state index contributed by atoms with van der Waals surface area (Å²) in [6, 6.07) is 0. The maximum absolute atomic E-state index is 11.5. The van der Waals surface area contributed by atoms with Gasteiger partial charge in [-0.1, -0.05) is 6.92 Å². The third kappa shape index (κ3) is 4.32. The van der Waals surface area contributed by atoms with Crippen molar-refractivity contribution in [3.8, 4) is 0 Å². The van der Waals surface area contributed by atoms with Crippen molar-refractivity contribution >= 4 is 11.9 Å². The SMILES string of the molecule is CCOC(=O)C(C)(C)CC(C)C(=O)OC. The number of rotatable bonds is 5. The summed E-state index contributed by atoms with van der Waals surface area (Å²) in [5, 5.41) is 0. The number of carbonyl (C=O) groups is 2. The van der Waals surface area contributed by atoms with Crippen LogP contribution in [0, 0.1) is 11.3 Å². The quantitative estimate of drug-likeness (QED) is 0.657. The molecule has 0 aromatic rings. The monoisotopic (exact) mass is 216 g/mol. The highest BCUT2D eigenvalue weighted by Gasteiger charge is 2.33. The van der Waals surface area contributed by atoms with Crippen molar-refractivity contribution in [3.63, 3.8) is 0 Å². The summed E-state index contributed by atoms with van der Waals surface area (Å²) < 4.78 is 9.54. The first-order valence-electron chi connectivity index (χ1n) is 5.10. The normalized spacial score (nSPS) is 13.1. The fourth-order valence-electron chi connectivity index (χ4n) is 1.46. The highest BCUT2D eigenvalue weighted by atomic mass is 16.5. The van der Waals surface area contributed by atoms with Gasteiger partial charge in [-0.25, -0.2) is 0 Å². The van der Waals surface area contributed by atoms with Crippen LogP contribution in [0.3, 0.4) is 0 Å². The number of esters is 2. The Morgan fingerprint density at radius 3 is 2.27 bits per heavy atom. The number of ether oxygens (including phenoxy) is 2. The van der Waals surface area contributed by atoms with Crippen molar-refractivity contribution in [2.24, 2.45) is 11.3 Å². The Morgan fingerprint density at radius 2 is 1.87 bits per heavy atom. The van der Waals surface area contributed by atoms with Crippen molar-refractivity contribution in [3.05, 3.63) is 0 Å². The maximum atomic E-state index is 11.5. The van der Waals surface area contributed by atoms with Crippen LogP contribution in [0.15, 0.2) is 0 Å². The van der Waals surface area contributed by atoms with E-state index in [1.54, 1.807) is 27.7 Å². The molecule has 4 heteroatoms. The van der Waals surface area contributed by atoms with Crippen molar-refractivity contribution < 1.29 is 19.1 Å². The summed E-state index contributed by atoms with van der Waals surface area (Å²) in [6.45, 7) is 7.40. The molecule has 0 rings (SSSR count). The Bertz CT molecular complexity index is 233. The molecule has 0 N–H and O–H groups in total. The van der Waals surface area contributed by atoms with Gasteiger partial charge in [0.15, 0.2) is 0 Å². The van der Waals surface area contributed by atoms with E-state index < -0.39 is 5.41 Å². The molecular formula is C11H20O4. The smallest absolute Gasteiger partial charge is 0.311 e. The van der Waals surface area contributed by atoms with Gasteiger partial charge in [0.1, 0.15) is 0 Å². The first-order chi connectivity index (χ1) is 6.85. The molecule has 0 amide bonds. The van der Waals surface area contributed by atoms with Crippen molar-refractivity contribution in [2.45, 2.75) is 34.1 Å². The number of hydrogen-bond donors (Lipinski definition) is 0. The third-order valence-corrected chi connectivity index (χ3v) is 2.25. The lowest BCUT2D eigenvalue weighted by molar-refractivity contribution is -0.156. The van der Waals surface area contributed by atoms with Gasteiger partial charge in [-0.05, 0) is 27.2 Å². The van der Waals surface area contributed by atoms with Gasteiger partial charge in [-0.15, -0.1) is 0 Å². The average molecular weight is 216 g/mol. The summed E-state index contributed by atoms with van der Waals surface area (Å²) in [6.07, 6.45) is 0.429. The van der Waals surface area contributed by atoms with Crippen LogP contribution < -0.4 is 0 Å². The van der Waals surface area contributed by atoms with Crippen LogP contribution in [0.5, 0.6) is 0 Å². The minimum absolute atomic E-state index is 0.277. The van der Waals surface area contributed by atoms with Crippen LogP contribution in [-0.2, 0) is 19.1 Å². The molecule has 88 valence electrons. The van der Waals surface area contributed by atoms with Gasteiger partial charge >= 0.3 is 11.9 Å². The van der Waals surface area contributed by atoms with E-state index in [9.17, 15) is 9.59 Å².